The summed E-state index contributed by atoms with van der Waals surface area (Å²) < 4.78 is 35.6. The van der Waals surface area contributed by atoms with Crippen LogP contribution in [0.5, 0.6) is 0 Å². The highest BCUT2D eigenvalue weighted by atomic mass is 32.2. The molecule has 84 valence electrons. The summed E-state index contributed by atoms with van der Waals surface area (Å²) >= 11 is 0. The molecule has 0 saturated carbocycles. The first-order valence-corrected chi connectivity index (χ1v) is 6.53. The molecule has 0 fully saturated rings. The van der Waals surface area contributed by atoms with Crippen LogP contribution in [0.15, 0.2) is 23.1 Å². The fraction of sp³-hybridized carbons (Fsp3) is 0.400. The van der Waals surface area contributed by atoms with E-state index in [1.807, 2.05) is 0 Å². The van der Waals surface area contributed by atoms with E-state index in [0.717, 1.165) is 12.3 Å². The summed E-state index contributed by atoms with van der Waals surface area (Å²) in [7, 11) is -3.33. The quantitative estimate of drug-likeness (QED) is 0.844. The lowest BCUT2D eigenvalue weighted by Crippen LogP contribution is -2.03. The summed E-state index contributed by atoms with van der Waals surface area (Å²) in [5.41, 5.74) is 5.81. The Labute approximate surface area is 89.0 Å². The molecule has 1 rings (SSSR count). The first-order chi connectivity index (χ1) is 6.95. The predicted molar refractivity (Wildman–Crippen MR) is 56.9 cm³/mol. The minimum Gasteiger partial charge on any atom is -0.330 e. The van der Waals surface area contributed by atoms with E-state index < -0.39 is 15.7 Å². The molecule has 0 unspecified atom stereocenters. The van der Waals surface area contributed by atoms with Crippen LogP contribution in [0.3, 0.4) is 0 Å². The minimum atomic E-state index is -3.33. The monoisotopic (exact) mass is 231 g/mol. The largest absolute Gasteiger partial charge is 0.330 e. The topological polar surface area (TPSA) is 60.2 Å². The van der Waals surface area contributed by atoms with Crippen LogP contribution >= 0.6 is 0 Å². The van der Waals surface area contributed by atoms with Crippen molar-refractivity contribution >= 4 is 9.84 Å². The molecule has 1 aromatic rings. The summed E-state index contributed by atoms with van der Waals surface area (Å²) in [6.07, 6.45) is 2.28. The Hall–Kier alpha value is -0.940. The van der Waals surface area contributed by atoms with Gasteiger partial charge in [-0.2, -0.15) is 0 Å². The lowest BCUT2D eigenvalue weighted by atomic mass is 10.1. The van der Waals surface area contributed by atoms with Crippen molar-refractivity contribution in [2.75, 3.05) is 12.8 Å². The van der Waals surface area contributed by atoms with Crippen LogP contribution in [-0.4, -0.2) is 21.2 Å². The summed E-state index contributed by atoms with van der Waals surface area (Å²) in [5.74, 6) is -0.480. The highest BCUT2D eigenvalue weighted by Crippen LogP contribution is 2.15. The molecule has 15 heavy (non-hydrogen) atoms. The second-order valence-corrected chi connectivity index (χ2v) is 5.43. The number of halogens is 1. The Kier molecular flexibility index (Phi) is 3.82. The minimum absolute atomic E-state index is 0.0106. The van der Waals surface area contributed by atoms with E-state index in [-0.39, 0.29) is 4.90 Å². The molecule has 0 aliphatic rings. The van der Waals surface area contributed by atoms with E-state index in [1.165, 1.54) is 12.1 Å². The van der Waals surface area contributed by atoms with Gasteiger partial charge in [0.2, 0.25) is 0 Å². The molecule has 0 amide bonds. The molecule has 0 atom stereocenters. The number of aryl methyl sites for hydroxylation is 1. The molecule has 3 nitrogen and oxygen atoms in total. The first kappa shape index (κ1) is 12.1. The van der Waals surface area contributed by atoms with Crippen LogP contribution in [0.2, 0.25) is 0 Å². The maximum atomic E-state index is 13.4. The number of nitrogens with two attached hydrogens (primary N) is 1. The zero-order valence-electron chi connectivity index (χ0n) is 8.53. The van der Waals surface area contributed by atoms with Gasteiger partial charge in [-0.15, -0.1) is 0 Å². The Morgan fingerprint density at radius 1 is 1.40 bits per heavy atom. The molecule has 1 aromatic carbocycles. The Bertz CT molecular complexity index is 443. The highest BCUT2D eigenvalue weighted by Gasteiger charge is 2.10. The van der Waals surface area contributed by atoms with Crippen molar-refractivity contribution in [3.8, 4) is 0 Å². The third kappa shape index (κ3) is 3.28. The molecule has 2 N–H and O–H groups in total. The van der Waals surface area contributed by atoms with E-state index in [2.05, 4.69) is 0 Å². The average Bonchev–Trinajstić information content (AvgIpc) is 2.14. The van der Waals surface area contributed by atoms with E-state index in [9.17, 15) is 12.8 Å². The van der Waals surface area contributed by atoms with E-state index in [4.69, 9.17) is 5.73 Å². The van der Waals surface area contributed by atoms with Crippen LogP contribution in [0, 0.1) is 5.82 Å². The molecule has 0 saturated heterocycles. The molecule has 0 radical (unpaired) electrons. The smallest absolute Gasteiger partial charge is 0.175 e. The SMILES string of the molecule is CS(=O)(=O)c1ccc(CCCN)c(F)c1. The second-order valence-electron chi connectivity index (χ2n) is 3.42. The van der Waals surface area contributed by atoms with Crippen molar-refractivity contribution in [1.29, 1.82) is 0 Å². The van der Waals surface area contributed by atoms with E-state index in [1.54, 1.807) is 0 Å². The van der Waals surface area contributed by atoms with E-state index >= 15 is 0 Å². The second kappa shape index (κ2) is 4.72. The molecule has 0 aliphatic heterocycles. The van der Waals surface area contributed by atoms with Crippen LogP contribution in [0.25, 0.3) is 0 Å². The van der Waals surface area contributed by atoms with Crippen molar-refractivity contribution in [2.45, 2.75) is 17.7 Å². The molecule has 0 heterocycles. The van der Waals surface area contributed by atoms with Gasteiger partial charge < -0.3 is 5.73 Å². The molecule has 5 heteroatoms. The Morgan fingerprint density at radius 3 is 2.53 bits per heavy atom. The maximum Gasteiger partial charge on any atom is 0.175 e. The number of rotatable bonds is 4. The van der Waals surface area contributed by atoms with Crippen molar-refractivity contribution in [3.63, 3.8) is 0 Å². The fourth-order valence-electron chi connectivity index (χ4n) is 1.25. The fourth-order valence-corrected chi connectivity index (χ4v) is 1.89. The van der Waals surface area contributed by atoms with Crippen molar-refractivity contribution in [1.82, 2.24) is 0 Å². The van der Waals surface area contributed by atoms with Gasteiger partial charge in [0.1, 0.15) is 5.82 Å². The number of hydrogen-bond donors (Lipinski definition) is 1. The van der Waals surface area contributed by atoms with Crippen LogP contribution in [-0.2, 0) is 16.3 Å². The third-order valence-electron chi connectivity index (χ3n) is 2.10. The highest BCUT2D eigenvalue weighted by molar-refractivity contribution is 7.90. The lowest BCUT2D eigenvalue weighted by Gasteiger charge is -2.04. The number of benzene rings is 1. The van der Waals surface area contributed by atoms with Gasteiger partial charge >= 0.3 is 0 Å². The number of hydrogen-bond acceptors (Lipinski definition) is 3. The van der Waals surface area contributed by atoms with Gasteiger partial charge in [0, 0.05) is 6.26 Å². The predicted octanol–water partition coefficient (Wildman–Crippen LogP) is 1.12. The maximum absolute atomic E-state index is 13.4. The average molecular weight is 231 g/mol. The van der Waals surface area contributed by atoms with Crippen LogP contribution in [0.1, 0.15) is 12.0 Å². The zero-order chi connectivity index (χ0) is 11.5. The molecule has 0 spiro atoms. The summed E-state index contributed by atoms with van der Waals surface area (Å²) in [6, 6.07) is 3.98. The molecule has 0 aliphatic carbocycles. The van der Waals surface area contributed by atoms with Gasteiger partial charge in [0.05, 0.1) is 4.90 Å². The van der Waals surface area contributed by atoms with Crippen molar-refractivity contribution in [2.24, 2.45) is 5.73 Å². The molecular weight excluding hydrogens is 217 g/mol. The van der Waals surface area contributed by atoms with Gasteiger partial charge in [-0.1, -0.05) is 6.07 Å². The lowest BCUT2D eigenvalue weighted by molar-refractivity contribution is 0.588. The van der Waals surface area contributed by atoms with Gasteiger partial charge in [-0.3, -0.25) is 0 Å². The molecular formula is C10H14FNO2S. The first-order valence-electron chi connectivity index (χ1n) is 4.63. The van der Waals surface area contributed by atoms with Gasteiger partial charge in [-0.25, -0.2) is 12.8 Å². The zero-order valence-corrected chi connectivity index (χ0v) is 9.35. The van der Waals surface area contributed by atoms with E-state index in [0.29, 0.717) is 24.9 Å². The van der Waals surface area contributed by atoms with Gasteiger partial charge in [0.15, 0.2) is 9.84 Å². The third-order valence-corrected chi connectivity index (χ3v) is 3.21. The molecule has 0 bridgehead atoms. The van der Waals surface area contributed by atoms with Crippen molar-refractivity contribution < 1.29 is 12.8 Å². The Balaban J connectivity index is 2.99. The number of sulfone groups is 1. The van der Waals surface area contributed by atoms with Crippen LogP contribution < -0.4 is 5.73 Å². The van der Waals surface area contributed by atoms with Crippen LogP contribution in [0.4, 0.5) is 4.39 Å². The standard InChI is InChI=1S/C10H14FNO2S/c1-15(13,14)9-5-4-8(3-2-6-12)10(11)7-9/h4-5,7H,2-3,6,12H2,1H3. The van der Waals surface area contributed by atoms with Gasteiger partial charge in [0.25, 0.3) is 0 Å². The van der Waals surface area contributed by atoms with Gasteiger partial charge in [-0.05, 0) is 37.1 Å². The summed E-state index contributed by atoms with van der Waals surface area (Å²) in [5, 5.41) is 0. The molecule has 0 aromatic heterocycles. The van der Waals surface area contributed by atoms with Crippen molar-refractivity contribution in [3.05, 3.63) is 29.6 Å². The Morgan fingerprint density at radius 2 is 2.07 bits per heavy atom. The normalized spacial score (nSPS) is 11.7. The summed E-state index contributed by atoms with van der Waals surface area (Å²) in [4.78, 5) is 0.0106. The summed E-state index contributed by atoms with van der Waals surface area (Å²) in [6.45, 7) is 0.493.